The fourth-order valence-corrected chi connectivity index (χ4v) is 2.34. The van der Waals surface area contributed by atoms with E-state index in [4.69, 9.17) is 4.74 Å². The molecule has 0 atom stereocenters. The second kappa shape index (κ2) is 6.40. The molecule has 1 heterocycles. The van der Waals surface area contributed by atoms with Crippen molar-refractivity contribution in [1.29, 1.82) is 0 Å². The number of benzene rings is 2. The first-order chi connectivity index (χ1) is 11.2. The molecule has 3 rings (SSSR count). The van der Waals surface area contributed by atoms with E-state index < -0.39 is 5.97 Å². The lowest BCUT2D eigenvalue weighted by Crippen LogP contribution is -2.07. The molecule has 0 aliphatic heterocycles. The molecular formula is C19H15NO3. The molecule has 0 unspecified atom stereocenters. The molecular weight excluding hydrogens is 290 g/mol. The summed E-state index contributed by atoms with van der Waals surface area (Å²) in [6.07, 6.45) is 0. The molecule has 0 radical (unpaired) electrons. The van der Waals surface area contributed by atoms with E-state index in [1.165, 1.54) is 0 Å². The summed E-state index contributed by atoms with van der Waals surface area (Å²) in [6, 6.07) is 17.7. The van der Waals surface area contributed by atoms with Gasteiger partial charge in [-0.2, -0.15) is 0 Å². The third-order valence-electron chi connectivity index (χ3n) is 3.47. The second-order valence-electron chi connectivity index (χ2n) is 5.02. The summed E-state index contributed by atoms with van der Waals surface area (Å²) in [5.41, 5.74) is 2.15. The van der Waals surface area contributed by atoms with Crippen molar-refractivity contribution >= 4 is 22.7 Å². The van der Waals surface area contributed by atoms with E-state index in [9.17, 15) is 9.59 Å². The lowest BCUT2D eigenvalue weighted by Gasteiger charge is -2.05. The molecule has 4 heteroatoms. The van der Waals surface area contributed by atoms with Crippen LogP contribution in [0.2, 0.25) is 0 Å². The summed E-state index contributed by atoms with van der Waals surface area (Å²) in [4.78, 5) is 28.4. The highest BCUT2D eigenvalue weighted by Crippen LogP contribution is 2.18. The monoisotopic (exact) mass is 305 g/mol. The Morgan fingerprint density at radius 1 is 0.957 bits per heavy atom. The Labute approximate surface area is 133 Å². The first kappa shape index (κ1) is 14.9. The Bertz CT molecular complexity index is 872. The summed E-state index contributed by atoms with van der Waals surface area (Å²) >= 11 is 0. The molecule has 114 valence electrons. The van der Waals surface area contributed by atoms with Crippen LogP contribution in [0.25, 0.3) is 10.9 Å². The Hall–Kier alpha value is -3.01. The molecule has 0 bridgehead atoms. The van der Waals surface area contributed by atoms with Gasteiger partial charge in [-0.05, 0) is 31.2 Å². The molecule has 0 amide bonds. The lowest BCUT2D eigenvalue weighted by molar-refractivity contribution is 0.0520. The second-order valence-corrected chi connectivity index (χ2v) is 5.02. The van der Waals surface area contributed by atoms with Crippen molar-refractivity contribution in [1.82, 2.24) is 4.98 Å². The summed E-state index contributed by atoms with van der Waals surface area (Å²) in [5, 5.41) is 0.805. The van der Waals surface area contributed by atoms with Gasteiger partial charge in [0.15, 0.2) is 5.78 Å². The minimum absolute atomic E-state index is 0.0398. The van der Waals surface area contributed by atoms with Crippen molar-refractivity contribution in [2.75, 3.05) is 6.61 Å². The van der Waals surface area contributed by atoms with E-state index in [1.807, 2.05) is 18.2 Å². The molecule has 0 saturated carbocycles. The Balaban J connectivity index is 1.95. The van der Waals surface area contributed by atoms with Crippen LogP contribution in [0.3, 0.4) is 0 Å². The highest BCUT2D eigenvalue weighted by molar-refractivity contribution is 6.10. The van der Waals surface area contributed by atoms with Crippen LogP contribution < -0.4 is 0 Å². The van der Waals surface area contributed by atoms with Gasteiger partial charge in [-0.25, -0.2) is 9.78 Å². The summed E-state index contributed by atoms with van der Waals surface area (Å²) in [6.45, 7) is 2.06. The zero-order valence-corrected chi connectivity index (χ0v) is 12.7. The van der Waals surface area contributed by atoms with Gasteiger partial charge in [-0.15, -0.1) is 0 Å². The number of hydrogen-bond acceptors (Lipinski definition) is 4. The molecule has 4 nitrogen and oxygen atoms in total. The number of carbonyl (C=O) groups excluding carboxylic acids is 2. The Morgan fingerprint density at radius 2 is 1.74 bits per heavy atom. The third-order valence-corrected chi connectivity index (χ3v) is 3.47. The van der Waals surface area contributed by atoms with Crippen LogP contribution in [-0.4, -0.2) is 23.3 Å². The number of fused-ring (bicyclic) bond motifs is 1. The number of ether oxygens (including phenoxy) is 1. The SMILES string of the molecule is CCOC(=O)c1ccc2cc(C(=O)c3ccccc3)ccc2n1. The number of ketones is 1. The number of hydrogen-bond donors (Lipinski definition) is 0. The van der Waals surface area contributed by atoms with Gasteiger partial charge in [0.2, 0.25) is 0 Å². The maximum atomic E-state index is 12.5. The predicted octanol–water partition coefficient (Wildman–Crippen LogP) is 3.64. The van der Waals surface area contributed by atoms with Crippen molar-refractivity contribution in [3.8, 4) is 0 Å². The van der Waals surface area contributed by atoms with Gasteiger partial charge in [0.05, 0.1) is 12.1 Å². The number of carbonyl (C=O) groups is 2. The van der Waals surface area contributed by atoms with Crippen LogP contribution in [0.4, 0.5) is 0 Å². The first-order valence-electron chi connectivity index (χ1n) is 7.36. The summed E-state index contributed by atoms with van der Waals surface area (Å²) in [7, 11) is 0. The van der Waals surface area contributed by atoms with Gasteiger partial charge in [-0.1, -0.05) is 36.4 Å². The molecule has 23 heavy (non-hydrogen) atoms. The van der Waals surface area contributed by atoms with Crippen LogP contribution in [0.15, 0.2) is 60.7 Å². The van der Waals surface area contributed by atoms with E-state index in [1.54, 1.807) is 49.4 Å². The average Bonchev–Trinajstić information content (AvgIpc) is 2.61. The molecule has 0 fully saturated rings. The number of aromatic nitrogens is 1. The number of esters is 1. The number of rotatable bonds is 4. The van der Waals surface area contributed by atoms with Gasteiger partial charge in [0.25, 0.3) is 0 Å². The predicted molar refractivity (Wildman–Crippen MR) is 87.6 cm³/mol. The molecule has 0 spiro atoms. The minimum atomic E-state index is -0.446. The van der Waals surface area contributed by atoms with Crippen LogP contribution in [0.1, 0.15) is 33.3 Å². The average molecular weight is 305 g/mol. The van der Waals surface area contributed by atoms with Crippen molar-refractivity contribution in [2.45, 2.75) is 6.92 Å². The van der Waals surface area contributed by atoms with Crippen molar-refractivity contribution in [3.63, 3.8) is 0 Å². The Morgan fingerprint density at radius 3 is 2.48 bits per heavy atom. The highest BCUT2D eigenvalue weighted by atomic mass is 16.5. The zero-order chi connectivity index (χ0) is 16.2. The summed E-state index contributed by atoms with van der Waals surface area (Å²) < 4.78 is 4.94. The van der Waals surface area contributed by atoms with Crippen molar-refractivity contribution in [3.05, 3.63) is 77.5 Å². The maximum absolute atomic E-state index is 12.5. The standard InChI is InChI=1S/C19H15NO3/c1-2-23-19(22)17-11-8-14-12-15(9-10-16(14)20-17)18(21)13-6-4-3-5-7-13/h3-12H,2H2,1H3. The smallest absolute Gasteiger partial charge is 0.356 e. The summed E-state index contributed by atoms with van der Waals surface area (Å²) in [5.74, 6) is -0.485. The quantitative estimate of drug-likeness (QED) is 0.545. The fourth-order valence-electron chi connectivity index (χ4n) is 2.34. The number of pyridine rings is 1. The van der Waals surface area contributed by atoms with E-state index in [-0.39, 0.29) is 11.5 Å². The van der Waals surface area contributed by atoms with Crippen LogP contribution in [-0.2, 0) is 4.74 Å². The topological polar surface area (TPSA) is 56.3 Å². The van der Waals surface area contributed by atoms with Crippen LogP contribution >= 0.6 is 0 Å². The van der Waals surface area contributed by atoms with Gasteiger partial charge in [0.1, 0.15) is 5.69 Å². The molecule has 3 aromatic rings. The third kappa shape index (κ3) is 3.11. The highest BCUT2D eigenvalue weighted by Gasteiger charge is 2.12. The van der Waals surface area contributed by atoms with Gasteiger partial charge < -0.3 is 4.74 Å². The lowest BCUT2D eigenvalue weighted by atomic mass is 10.0. The Kier molecular flexibility index (Phi) is 4.15. The molecule has 0 aliphatic carbocycles. The van der Waals surface area contributed by atoms with Gasteiger partial charge >= 0.3 is 5.97 Å². The normalized spacial score (nSPS) is 10.5. The zero-order valence-electron chi connectivity index (χ0n) is 12.7. The van der Waals surface area contributed by atoms with Crippen LogP contribution in [0.5, 0.6) is 0 Å². The van der Waals surface area contributed by atoms with E-state index in [0.29, 0.717) is 23.3 Å². The van der Waals surface area contributed by atoms with Crippen molar-refractivity contribution in [2.24, 2.45) is 0 Å². The molecule has 0 N–H and O–H groups in total. The molecule has 0 aliphatic rings. The van der Waals surface area contributed by atoms with Crippen molar-refractivity contribution < 1.29 is 14.3 Å². The van der Waals surface area contributed by atoms with Crippen LogP contribution in [0, 0.1) is 0 Å². The van der Waals surface area contributed by atoms with Gasteiger partial charge in [-0.3, -0.25) is 4.79 Å². The maximum Gasteiger partial charge on any atom is 0.356 e. The fraction of sp³-hybridized carbons (Fsp3) is 0.105. The largest absolute Gasteiger partial charge is 0.461 e. The van der Waals surface area contributed by atoms with E-state index >= 15 is 0 Å². The van der Waals surface area contributed by atoms with E-state index in [2.05, 4.69) is 4.98 Å². The van der Waals surface area contributed by atoms with Gasteiger partial charge in [0, 0.05) is 16.5 Å². The molecule has 0 saturated heterocycles. The first-order valence-corrected chi connectivity index (χ1v) is 7.36. The minimum Gasteiger partial charge on any atom is -0.461 e. The van der Waals surface area contributed by atoms with E-state index in [0.717, 1.165) is 5.39 Å². The molecule has 1 aromatic heterocycles. The molecule has 2 aromatic carbocycles. The number of nitrogens with zero attached hydrogens (tertiary/aromatic N) is 1.